The molecule has 0 aliphatic carbocycles. The normalized spacial score (nSPS) is 15.2. The Morgan fingerprint density at radius 2 is 1.90 bits per heavy atom. The maximum Gasteiger partial charge on any atom is 0.303 e. The summed E-state index contributed by atoms with van der Waals surface area (Å²) in [6.45, 7) is -0.0982. The van der Waals surface area contributed by atoms with Crippen LogP contribution in [-0.4, -0.2) is 64.5 Å². The largest absolute Gasteiger partial charge is 0.481 e. The minimum atomic E-state index is -1.05. The molecular weight excluding hydrogens is 280 g/mol. The highest BCUT2D eigenvalue weighted by Crippen LogP contribution is 2.13. The molecule has 1 atom stereocenters. The van der Waals surface area contributed by atoms with Crippen molar-refractivity contribution in [2.75, 3.05) is 13.6 Å². The molecule has 8 heteroatoms. The van der Waals surface area contributed by atoms with Crippen molar-refractivity contribution in [3.8, 4) is 0 Å². The molecule has 0 aromatic heterocycles. The van der Waals surface area contributed by atoms with E-state index < -0.39 is 29.7 Å². The highest BCUT2D eigenvalue weighted by molar-refractivity contribution is 6.12. The number of aldehydes is 1. The highest BCUT2D eigenvalue weighted by Gasteiger charge is 2.29. The number of amides is 3. The zero-order chi connectivity index (χ0) is 16.0. The van der Waals surface area contributed by atoms with Crippen LogP contribution in [0.4, 0.5) is 0 Å². The first-order chi connectivity index (χ1) is 9.86. The Kier molecular flexibility index (Phi) is 5.77. The van der Waals surface area contributed by atoms with Gasteiger partial charge >= 0.3 is 5.97 Å². The number of carboxylic acids is 1. The van der Waals surface area contributed by atoms with Gasteiger partial charge in [0.25, 0.3) is 11.8 Å². The molecular formula is C13H16N2O6. The first-order valence-electron chi connectivity index (χ1n) is 6.31. The number of hydrogen-bond donors (Lipinski definition) is 1. The summed E-state index contributed by atoms with van der Waals surface area (Å²) in [6.07, 6.45) is 2.20. The molecule has 0 saturated carbocycles. The van der Waals surface area contributed by atoms with Crippen molar-refractivity contribution >= 4 is 30.0 Å². The lowest BCUT2D eigenvalue weighted by Crippen LogP contribution is -2.47. The van der Waals surface area contributed by atoms with Gasteiger partial charge in [0, 0.05) is 32.2 Å². The van der Waals surface area contributed by atoms with Crippen molar-refractivity contribution in [3.63, 3.8) is 0 Å². The molecule has 8 nitrogen and oxygen atoms in total. The third-order valence-electron chi connectivity index (χ3n) is 3.18. The minimum Gasteiger partial charge on any atom is -0.481 e. The molecule has 1 aliphatic heterocycles. The second-order valence-electron chi connectivity index (χ2n) is 4.58. The summed E-state index contributed by atoms with van der Waals surface area (Å²) in [6, 6.07) is -0.652. The Morgan fingerprint density at radius 3 is 2.38 bits per heavy atom. The van der Waals surface area contributed by atoms with Crippen molar-refractivity contribution < 1.29 is 29.1 Å². The second kappa shape index (κ2) is 7.32. The molecule has 0 spiro atoms. The fourth-order valence-corrected chi connectivity index (χ4v) is 1.94. The van der Waals surface area contributed by atoms with E-state index in [0.29, 0.717) is 6.29 Å². The molecule has 114 valence electrons. The number of hydrogen-bond acceptors (Lipinski definition) is 5. The average molecular weight is 296 g/mol. The average Bonchev–Trinajstić information content (AvgIpc) is 2.73. The van der Waals surface area contributed by atoms with Crippen molar-refractivity contribution in [3.05, 3.63) is 12.2 Å². The van der Waals surface area contributed by atoms with E-state index in [-0.39, 0.29) is 25.8 Å². The third-order valence-corrected chi connectivity index (χ3v) is 3.18. The molecule has 0 saturated heterocycles. The summed E-state index contributed by atoms with van der Waals surface area (Å²) in [4.78, 5) is 57.9. The van der Waals surface area contributed by atoms with E-state index in [4.69, 9.17) is 5.11 Å². The van der Waals surface area contributed by atoms with Crippen LogP contribution in [0.1, 0.15) is 19.3 Å². The molecule has 0 aromatic rings. The monoisotopic (exact) mass is 296 g/mol. The van der Waals surface area contributed by atoms with Crippen molar-refractivity contribution in [1.82, 2.24) is 9.80 Å². The minimum absolute atomic E-state index is 0.0769. The highest BCUT2D eigenvalue weighted by atomic mass is 16.4. The molecule has 0 aromatic carbocycles. The van der Waals surface area contributed by atoms with Gasteiger partial charge in [-0.15, -0.1) is 0 Å². The Labute approximate surface area is 121 Å². The molecule has 1 aliphatic rings. The number of likely N-dealkylation sites (N-methyl/N-ethyl adjacent to an activating group) is 1. The topological polar surface area (TPSA) is 112 Å². The van der Waals surface area contributed by atoms with E-state index in [0.717, 1.165) is 17.1 Å². The summed E-state index contributed by atoms with van der Waals surface area (Å²) in [7, 11) is 1.41. The summed E-state index contributed by atoms with van der Waals surface area (Å²) >= 11 is 0. The number of imide groups is 1. The van der Waals surface area contributed by atoms with Crippen molar-refractivity contribution in [1.29, 1.82) is 0 Å². The standard InChI is InChI=1S/C13H16N2O6/c1-14(10(17)6-7-16)9(2-5-13(20)21)8-15-11(18)3-4-12(15)19/h3-4,7,9H,2,5-6,8H2,1H3,(H,20,21). The predicted octanol–water partition coefficient (Wildman–Crippen LogP) is -0.808. The predicted molar refractivity (Wildman–Crippen MR) is 70.0 cm³/mol. The van der Waals surface area contributed by atoms with Crippen LogP contribution in [-0.2, 0) is 24.0 Å². The molecule has 1 N–H and O–H groups in total. The Morgan fingerprint density at radius 1 is 1.33 bits per heavy atom. The van der Waals surface area contributed by atoms with Crippen LogP contribution >= 0.6 is 0 Å². The number of carboxylic acid groups (broad SMARTS) is 1. The first-order valence-corrected chi connectivity index (χ1v) is 6.31. The van der Waals surface area contributed by atoms with E-state index in [1.165, 1.54) is 11.9 Å². The molecule has 0 fully saturated rings. The second-order valence-corrected chi connectivity index (χ2v) is 4.58. The lowest BCUT2D eigenvalue weighted by atomic mass is 10.1. The first kappa shape index (κ1) is 16.5. The van der Waals surface area contributed by atoms with Crippen LogP contribution in [0.2, 0.25) is 0 Å². The van der Waals surface area contributed by atoms with Crippen LogP contribution < -0.4 is 0 Å². The van der Waals surface area contributed by atoms with Crippen molar-refractivity contribution in [2.45, 2.75) is 25.3 Å². The molecule has 3 amide bonds. The Balaban J connectivity index is 2.78. The molecule has 1 rings (SSSR count). The van der Waals surface area contributed by atoms with Crippen LogP contribution in [0.15, 0.2) is 12.2 Å². The number of aliphatic carboxylic acids is 1. The zero-order valence-electron chi connectivity index (χ0n) is 11.5. The molecule has 0 bridgehead atoms. The number of carbonyl (C=O) groups is 5. The summed E-state index contributed by atoms with van der Waals surface area (Å²) in [5, 5.41) is 8.73. The third kappa shape index (κ3) is 4.51. The van der Waals surface area contributed by atoms with Gasteiger partial charge in [0.1, 0.15) is 6.29 Å². The Hall–Kier alpha value is -2.51. The van der Waals surface area contributed by atoms with Crippen LogP contribution in [0.25, 0.3) is 0 Å². The van der Waals surface area contributed by atoms with E-state index >= 15 is 0 Å². The molecule has 1 heterocycles. The lowest BCUT2D eigenvalue weighted by molar-refractivity contribution is -0.142. The van der Waals surface area contributed by atoms with Gasteiger partial charge in [-0.1, -0.05) is 0 Å². The fourth-order valence-electron chi connectivity index (χ4n) is 1.94. The van der Waals surface area contributed by atoms with E-state index in [9.17, 15) is 24.0 Å². The summed E-state index contributed by atoms with van der Waals surface area (Å²) in [5.41, 5.74) is 0. The quantitative estimate of drug-likeness (QED) is 0.356. The number of carbonyl (C=O) groups excluding carboxylic acids is 4. The molecule has 0 radical (unpaired) electrons. The van der Waals surface area contributed by atoms with Gasteiger partial charge in [0.2, 0.25) is 5.91 Å². The van der Waals surface area contributed by atoms with Gasteiger partial charge in [0.05, 0.1) is 12.5 Å². The summed E-state index contributed by atoms with van der Waals surface area (Å²) < 4.78 is 0. The summed E-state index contributed by atoms with van der Waals surface area (Å²) in [5.74, 6) is -2.55. The maximum atomic E-state index is 11.7. The van der Waals surface area contributed by atoms with Crippen LogP contribution in [0.5, 0.6) is 0 Å². The maximum absolute atomic E-state index is 11.7. The van der Waals surface area contributed by atoms with Gasteiger partial charge in [-0.25, -0.2) is 0 Å². The number of rotatable bonds is 8. The van der Waals surface area contributed by atoms with Gasteiger partial charge in [-0.3, -0.25) is 24.1 Å². The van der Waals surface area contributed by atoms with Gasteiger partial charge in [-0.05, 0) is 6.42 Å². The van der Waals surface area contributed by atoms with Gasteiger partial charge < -0.3 is 14.8 Å². The van der Waals surface area contributed by atoms with Gasteiger partial charge in [-0.2, -0.15) is 0 Å². The van der Waals surface area contributed by atoms with Crippen LogP contribution in [0.3, 0.4) is 0 Å². The molecule has 21 heavy (non-hydrogen) atoms. The Bertz CT molecular complexity index is 481. The SMILES string of the molecule is CN(C(=O)CC=O)C(CCC(=O)O)CN1C(=O)C=CC1=O. The van der Waals surface area contributed by atoms with E-state index in [1.54, 1.807) is 0 Å². The zero-order valence-corrected chi connectivity index (χ0v) is 11.5. The molecule has 1 unspecified atom stereocenters. The lowest BCUT2D eigenvalue weighted by Gasteiger charge is -2.30. The van der Waals surface area contributed by atoms with Crippen LogP contribution in [0, 0.1) is 0 Å². The smallest absolute Gasteiger partial charge is 0.303 e. The fraction of sp³-hybridized carbons (Fsp3) is 0.462. The van der Waals surface area contributed by atoms with Gasteiger partial charge in [0.15, 0.2) is 0 Å². The van der Waals surface area contributed by atoms with Crippen molar-refractivity contribution in [2.24, 2.45) is 0 Å². The van der Waals surface area contributed by atoms with E-state index in [1.807, 2.05) is 0 Å². The van der Waals surface area contributed by atoms with E-state index in [2.05, 4.69) is 0 Å². The number of nitrogens with zero attached hydrogens (tertiary/aromatic N) is 2.